The van der Waals surface area contributed by atoms with E-state index >= 15 is 0 Å². The molecule has 196 valence electrons. The predicted octanol–water partition coefficient (Wildman–Crippen LogP) is 5.02. The summed E-state index contributed by atoms with van der Waals surface area (Å²) in [6.07, 6.45) is 4.33. The van der Waals surface area contributed by atoms with Gasteiger partial charge < -0.3 is 14.8 Å². The fourth-order valence-corrected chi connectivity index (χ4v) is 5.24. The van der Waals surface area contributed by atoms with E-state index < -0.39 is 0 Å². The molecule has 0 bridgehead atoms. The van der Waals surface area contributed by atoms with E-state index in [1.807, 2.05) is 18.2 Å². The molecular weight excluding hydrogens is 466 g/mol. The Morgan fingerprint density at radius 3 is 2.62 bits per heavy atom. The van der Waals surface area contributed by atoms with Crippen LogP contribution >= 0.6 is 0 Å². The van der Waals surface area contributed by atoms with E-state index in [0.717, 1.165) is 41.9 Å². The van der Waals surface area contributed by atoms with E-state index in [-0.39, 0.29) is 23.3 Å². The number of nitrogens with one attached hydrogen (secondary N) is 1. The molecule has 0 aromatic heterocycles. The number of nitrogens with zero attached hydrogens (tertiary/aromatic N) is 2. The van der Waals surface area contributed by atoms with Crippen LogP contribution in [0.15, 0.2) is 41.5 Å². The summed E-state index contributed by atoms with van der Waals surface area (Å²) in [6, 6.07) is 12.6. The molecule has 1 N–H and O–H groups in total. The maximum atomic E-state index is 13.0. The SMILES string of the molecule is Cc1cc(C)cc(C2=NN(C(=O)CCCOc3ccc4c(c3)OC[C@H]4CC(=O)NC3CC3)C(C)(C)C2)c1. The molecule has 0 spiro atoms. The number of carbonyl (C=O) groups is 2. The molecule has 5 rings (SSSR count). The standard InChI is InChI=1S/C30H37N3O4/c1-19-12-20(2)14-21(13-19)26-17-30(3,4)33(32-26)29(35)6-5-11-36-24-9-10-25-22(18-37-27(25)16-24)15-28(34)31-23-7-8-23/h9-10,12-14,16,22-23H,5-8,11,15,17-18H2,1-4H3,(H,31,34)/t22-/m1/s1. The number of aryl methyl sites for hydroxylation is 2. The minimum Gasteiger partial charge on any atom is -0.493 e. The van der Waals surface area contributed by atoms with Gasteiger partial charge in [-0.05, 0) is 58.6 Å². The zero-order valence-corrected chi connectivity index (χ0v) is 22.3. The van der Waals surface area contributed by atoms with Gasteiger partial charge in [0.15, 0.2) is 0 Å². The third-order valence-corrected chi connectivity index (χ3v) is 7.23. The van der Waals surface area contributed by atoms with Crippen molar-refractivity contribution in [3.05, 3.63) is 58.7 Å². The van der Waals surface area contributed by atoms with Crippen molar-refractivity contribution in [2.24, 2.45) is 5.10 Å². The lowest BCUT2D eigenvalue weighted by Gasteiger charge is -2.28. The Morgan fingerprint density at radius 1 is 1.14 bits per heavy atom. The number of amides is 2. The summed E-state index contributed by atoms with van der Waals surface area (Å²) in [5, 5.41) is 9.43. The third kappa shape index (κ3) is 5.97. The van der Waals surface area contributed by atoms with E-state index in [1.54, 1.807) is 5.01 Å². The minimum atomic E-state index is -0.353. The first-order valence-corrected chi connectivity index (χ1v) is 13.4. The van der Waals surface area contributed by atoms with Crippen molar-refractivity contribution in [2.45, 2.75) is 83.7 Å². The van der Waals surface area contributed by atoms with Crippen LogP contribution in [0.4, 0.5) is 0 Å². The largest absolute Gasteiger partial charge is 0.493 e. The van der Waals surface area contributed by atoms with Crippen molar-refractivity contribution in [3.8, 4) is 11.5 Å². The quantitative estimate of drug-likeness (QED) is 0.487. The third-order valence-electron chi connectivity index (χ3n) is 7.23. The Hall–Kier alpha value is -3.35. The fraction of sp³-hybridized carbons (Fsp3) is 0.500. The van der Waals surface area contributed by atoms with E-state index in [0.29, 0.717) is 44.3 Å². The van der Waals surface area contributed by atoms with Crippen LogP contribution in [-0.4, -0.2) is 47.3 Å². The molecule has 2 heterocycles. The van der Waals surface area contributed by atoms with Crippen LogP contribution in [0.2, 0.25) is 0 Å². The van der Waals surface area contributed by atoms with Crippen LogP contribution in [0.5, 0.6) is 11.5 Å². The second kappa shape index (κ2) is 10.2. The van der Waals surface area contributed by atoms with Crippen molar-refractivity contribution < 1.29 is 19.1 Å². The first-order chi connectivity index (χ1) is 17.7. The molecule has 1 aliphatic carbocycles. The second-order valence-electron chi connectivity index (χ2n) is 11.3. The van der Waals surface area contributed by atoms with E-state index in [2.05, 4.69) is 51.2 Å². The highest BCUT2D eigenvalue weighted by atomic mass is 16.5. The van der Waals surface area contributed by atoms with Gasteiger partial charge in [0.2, 0.25) is 11.8 Å². The average molecular weight is 504 g/mol. The monoisotopic (exact) mass is 503 g/mol. The second-order valence-corrected chi connectivity index (χ2v) is 11.3. The predicted molar refractivity (Wildman–Crippen MR) is 143 cm³/mol. The molecule has 3 aliphatic rings. The van der Waals surface area contributed by atoms with Crippen molar-refractivity contribution in [2.75, 3.05) is 13.2 Å². The van der Waals surface area contributed by atoms with Gasteiger partial charge in [-0.15, -0.1) is 0 Å². The van der Waals surface area contributed by atoms with E-state index in [9.17, 15) is 9.59 Å². The molecule has 0 unspecified atom stereocenters. The number of ether oxygens (including phenoxy) is 2. The molecule has 2 aromatic carbocycles. The van der Waals surface area contributed by atoms with Crippen LogP contribution < -0.4 is 14.8 Å². The van der Waals surface area contributed by atoms with Crippen LogP contribution in [0.1, 0.15) is 80.5 Å². The van der Waals surface area contributed by atoms with E-state index in [1.165, 1.54) is 11.1 Å². The highest BCUT2D eigenvalue weighted by Gasteiger charge is 2.38. The summed E-state index contributed by atoms with van der Waals surface area (Å²) in [6.45, 7) is 9.24. The number of benzene rings is 2. The summed E-state index contributed by atoms with van der Waals surface area (Å²) >= 11 is 0. The Balaban J connectivity index is 1.12. The molecule has 7 heteroatoms. The number of hydrogen-bond acceptors (Lipinski definition) is 5. The highest BCUT2D eigenvalue weighted by Crippen LogP contribution is 2.38. The molecule has 1 saturated carbocycles. The molecule has 1 atom stereocenters. The molecular formula is C30H37N3O4. The molecule has 0 saturated heterocycles. The molecule has 2 amide bonds. The van der Waals surface area contributed by atoms with Gasteiger partial charge in [0.25, 0.3) is 0 Å². The van der Waals surface area contributed by atoms with Gasteiger partial charge in [0, 0.05) is 42.9 Å². The van der Waals surface area contributed by atoms with Crippen LogP contribution in [0.3, 0.4) is 0 Å². The summed E-state index contributed by atoms with van der Waals surface area (Å²) in [4.78, 5) is 25.2. The van der Waals surface area contributed by atoms with Gasteiger partial charge >= 0.3 is 0 Å². The lowest BCUT2D eigenvalue weighted by Crippen LogP contribution is -2.40. The Morgan fingerprint density at radius 2 is 1.89 bits per heavy atom. The molecule has 1 fully saturated rings. The molecule has 7 nitrogen and oxygen atoms in total. The smallest absolute Gasteiger partial charge is 0.243 e. The molecule has 37 heavy (non-hydrogen) atoms. The maximum absolute atomic E-state index is 13.0. The zero-order valence-electron chi connectivity index (χ0n) is 22.3. The van der Waals surface area contributed by atoms with Gasteiger partial charge in [0.05, 0.1) is 24.5 Å². The lowest BCUT2D eigenvalue weighted by molar-refractivity contribution is -0.135. The van der Waals surface area contributed by atoms with Crippen molar-refractivity contribution in [1.29, 1.82) is 0 Å². The average Bonchev–Trinajstić information content (AvgIpc) is 3.46. The van der Waals surface area contributed by atoms with Gasteiger partial charge in [-0.1, -0.05) is 35.4 Å². The number of hydrazone groups is 1. The summed E-state index contributed by atoms with van der Waals surface area (Å²) in [5.41, 5.74) is 5.15. The normalized spacial score (nSPS) is 19.7. The fourth-order valence-electron chi connectivity index (χ4n) is 5.24. The first-order valence-electron chi connectivity index (χ1n) is 13.4. The van der Waals surface area contributed by atoms with Crippen LogP contribution in [-0.2, 0) is 9.59 Å². The highest BCUT2D eigenvalue weighted by molar-refractivity contribution is 6.03. The Kier molecular flexibility index (Phi) is 6.97. The molecule has 2 aromatic rings. The minimum absolute atomic E-state index is 0.0116. The van der Waals surface area contributed by atoms with Gasteiger partial charge in [-0.3, -0.25) is 9.59 Å². The lowest BCUT2D eigenvalue weighted by atomic mass is 9.93. The van der Waals surface area contributed by atoms with Crippen LogP contribution in [0, 0.1) is 13.8 Å². The van der Waals surface area contributed by atoms with Crippen LogP contribution in [0.25, 0.3) is 0 Å². The van der Waals surface area contributed by atoms with Gasteiger partial charge in [0.1, 0.15) is 11.5 Å². The van der Waals surface area contributed by atoms with Crippen molar-refractivity contribution in [3.63, 3.8) is 0 Å². The topological polar surface area (TPSA) is 80.2 Å². The number of hydrogen-bond donors (Lipinski definition) is 1. The van der Waals surface area contributed by atoms with Crippen molar-refractivity contribution >= 4 is 17.5 Å². The molecule has 2 aliphatic heterocycles. The Bertz CT molecular complexity index is 1210. The van der Waals surface area contributed by atoms with Crippen molar-refractivity contribution in [1.82, 2.24) is 10.3 Å². The molecule has 0 radical (unpaired) electrons. The number of fused-ring (bicyclic) bond motifs is 1. The van der Waals surface area contributed by atoms with Gasteiger partial charge in [-0.25, -0.2) is 5.01 Å². The van der Waals surface area contributed by atoms with E-state index in [4.69, 9.17) is 14.6 Å². The maximum Gasteiger partial charge on any atom is 0.243 e. The Labute approximate surface area is 219 Å². The number of carbonyl (C=O) groups excluding carboxylic acids is 2. The first kappa shape index (κ1) is 25.3. The summed E-state index contributed by atoms with van der Waals surface area (Å²) < 4.78 is 11.8. The summed E-state index contributed by atoms with van der Waals surface area (Å²) in [5.74, 6) is 1.69. The van der Waals surface area contributed by atoms with Gasteiger partial charge in [-0.2, -0.15) is 5.10 Å². The summed E-state index contributed by atoms with van der Waals surface area (Å²) in [7, 11) is 0. The number of rotatable bonds is 9. The zero-order chi connectivity index (χ0) is 26.2.